The molecule has 0 aliphatic carbocycles. The highest BCUT2D eigenvalue weighted by Gasteiger charge is 2.35. The average molecular weight is 444 g/mol. The molecule has 2 N–H and O–H groups in total. The summed E-state index contributed by atoms with van der Waals surface area (Å²) in [4.78, 5) is 27.3. The number of hydrogen-bond donors (Lipinski definition) is 2. The predicted octanol–water partition coefficient (Wildman–Crippen LogP) is 3.45. The molecule has 2 amide bonds. The Bertz CT molecular complexity index is 824. The number of nitrogens with one attached hydrogen (secondary N) is 2. The summed E-state index contributed by atoms with van der Waals surface area (Å²) in [6.45, 7) is 1.67. The summed E-state index contributed by atoms with van der Waals surface area (Å²) in [7, 11) is 0. The Balaban J connectivity index is 1.96. The van der Waals surface area contributed by atoms with Gasteiger partial charge >= 0.3 is 0 Å². The fraction of sp³-hybridized carbons (Fsp3) is 0.222. The monoisotopic (exact) mass is 442 g/mol. The van der Waals surface area contributed by atoms with Crippen molar-refractivity contribution < 1.29 is 14.3 Å². The minimum atomic E-state index is -1.85. The van der Waals surface area contributed by atoms with Crippen LogP contribution in [0.2, 0.25) is 0 Å². The molecule has 1 aromatic carbocycles. The van der Waals surface area contributed by atoms with Crippen molar-refractivity contribution in [2.75, 3.05) is 0 Å². The third-order valence-corrected chi connectivity index (χ3v) is 3.96. The third kappa shape index (κ3) is 6.99. The van der Waals surface area contributed by atoms with Gasteiger partial charge in [-0.3, -0.25) is 14.6 Å². The molecule has 148 valence electrons. The van der Waals surface area contributed by atoms with Crippen molar-refractivity contribution in [3.63, 3.8) is 0 Å². The number of alkyl halides is 3. The minimum absolute atomic E-state index is 0.223. The van der Waals surface area contributed by atoms with E-state index >= 15 is 0 Å². The lowest BCUT2D eigenvalue weighted by Gasteiger charge is -2.26. The topological polar surface area (TPSA) is 92.7 Å². The lowest BCUT2D eigenvalue weighted by molar-refractivity contribution is -0.123. The molecule has 10 heteroatoms. The molecule has 0 aliphatic heterocycles. The lowest BCUT2D eigenvalue weighted by Crippen LogP contribution is -2.47. The summed E-state index contributed by atoms with van der Waals surface area (Å²) < 4.78 is 3.71. The van der Waals surface area contributed by atoms with Gasteiger partial charge in [0.15, 0.2) is 0 Å². The van der Waals surface area contributed by atoms with Crippen LogP contribution in [-0.4, -0.2) is 33.0 Å². The largest absolute Gasteiger partial charge is 0.466 e. The minimum Gasteiger partial charge on any atom is -0.466 e. The maximum absolute atomic E-state index is 11.9. The summed E-state index contributed by atoms with van der Waals surface area (Å²) in [6, 6.07) is 9.77. The van der Waals surface area contributed by atoms with E-state index in [2.05, 4.69) is 20.8 Å². The maximum atomic E-state index is 11.9. The van der Waals surface area contributed by atoms with Crippen LogP contribution in [0.15, 0.2) is 53.9 Å². The number of halogens is 3. The Kier molecular flexibility index (Phi) is 8.04. The average Bonchev–Trinajstić information content (AvgIpc) is 2.68. The summed E-state index contributed by atoms with van der Waals surface area (Å²) in [5.41, 5.74) is 3.56. The number of nitrogens with zero attached hydrogens (tertiary/aromatic N) is 2. The fourth-order valence-corrected chi connectivity index (χ4v) is 2.23. The van der Waals surface area contributed by atoms with Gasteiger partial charge in [-0.25, -0.2) is 5.43 Å². The molecule has 0 aliphatic rings. The molecule has 1 atom stereocenters. The number of carbonyl (C=O) groups is 2. The predicted molar refractivity (Wildman–Crippen MR) is 109 cm³/mol. The van der Waals surface area contributed by atoms with Gasteiger partial charge in [-0.05, 0) is 42.0 Å². The van der Waals surface area contributed by atoms with E-state index in [1.807, 2.05) is 0 Å². The quantitative estimate of drug-likeness (QED) is 0.297. The SMILES string of the molecule is CCC(=O)N[C@@H](Oc1ccc(/C=N\NC(=O)c2ccncc2)cc1)C(Cl)(Cl)Cl. The first-order valence-electron chi connectivity index (χ1n) is 8.16. The maximum Gasteiger partial charge on any atom is 0.271 e. The molecule has 0 saturated carbocycles. The first-order valence-corrected chi connectivity index (χ1v) is 9.29. The van der Waals surface area contributed by atoms with Crippen LogP contribution in [0, 0.1) is 0 Å². The van der Waals surface area contributed by atoms with Gasteiger partial charge in [0.2, 0.25) is 15.9 Å². The number of pyridine rings is 1. The summed E-state index contributed by atoms with van der Waals surface area (Å²) >= 11 is 17.6. The van der Waals surface area contributed by atoms with Crippen molar-refractivity contribution >= 4 is 52.8 Å². The Morgan fingerprint density at radius 2 is 1.82 bits per heavy atom. The van der Waals surface area contributed by atoms with E-state index < -0.39 is 10.0 Å². The number of carbonyl (C=O) groups excluding carboxylic acids is 2. The van der Waals surface area contributed by atoms with Gasteiger partial charge in [0.1, 0.15) is 5.75 Å². The molecule has 7 nitrogen and oxygen atoms in total. The zero-order valence-corrected chi connectivity index (χ0v) is 17.0. The number of amides is 2. The molecule has 2 rings (SSSR count). The van der Waals surface area contributed by atoms with Crippen LogP contribution in [0.3, 0.4) is 0 Å². The van der Waals surface area contributed by atoms with Gasteiger partial charge in [0.25, 0.3) is 5.91 Å². The van der Waals surface area contributed by atoms with Crippen LogP contribution in [0.4, 0.5) is 0 Å². The normalized spacial score (nSPS) is 12.4. The third-order valence-electron chi connectivity index (χ3n) is 3.37. The molecule has 28 heavy (non-hydrogen) atoms. The highest BCUT2D eigenvalue weighted by molar-refractivity contribution is 6.68. The van der Waals surface area contributed by atoms with Crippen LogP contribution in [0.25, 0.3) is 0 Å². The smallest absolute Gasteiger partial charge is 0.271 e. The second kappa shape index (κ2) is 10.3. The molecule has 1 heterocycles. The van der Waals surface area contributed by atoms with Crippen molar-refractivity contribution in [1.29, 1.82) is 0 Å². The zero-order valence-electron chi connectivity index (χ0n) is 14.7. The molecule has 0 radical (unpaired) electrons. The lowest BCUT2D eigenvalue weighted by atomic mass is 10.2. The van der Waals surface area contributed by atoms with Gasteiger partial charge < -0.3 is 10.1 Å². The van der Waals surface area contributed by atoms with Crippen LogP contribution in [0.1, 0.15) is 29.3 Å². The summed E-state index contributed by atoms with van der Waals surface area (Å²) in [5.74, 6) is -0.286. The first kappa shape index (κ1) is 21.9. The molecular weight excluding hydrogens is 427 g/mol. The number of hydrogen-bond acceptors (Lipinski definition) is 5. The van der Waals surface area contributed by atoms with E-state index in [1.54, 1.807) is 43.3 Å². The van der Waals surface area contributed by atoms with Crippen LogP contribution >= 0.6 is 34.8 Å². The number of aromatic nitrogens is 1. The zero-order chi connectivity index (χ0) is 20.6. The molecular formula is C18H17Cl3N4O3. The summed E-state index contributed by atoms with van der Waals surface area (Å²) in [5, 5.41) is 6.39. The second-order valence-electron chi connectivity index (χ2n) is 5.46. The van der Waals surface area contributed by atoms with Gasteiger partial charge in [-0.15, -0.1) is 0 Å². The standard InChI is InChI=1S/C18H17Cl3N4O3/c1-2-15(26)24-17(18(19,20)21)28-14-5-3-12(4-6-14)11-23-25-16(27)13-7-9-22-10-8-13/h3-11,17H,2H2,1H3,(H,24,26)(H,25,27)/b23-11-/t17-/m0/s1. The Morgan fingerprint density at radius 3 is 2.39 bits per heavy atom. The van der Waals surface area contributed by atoms with Gasteiger partial charge in [-0.2, -0.15) is 5.10 Å². The number of rotatable bonds is 7. The fourth-order valence-electron chi connectivity index (χ4n) is 1.93. The molecule has 0 unspecified atom stereocenters. The van der Waals surface area contributed by atoms with Crippen LogP contribution in [-0.2, 0) is 4.79 Å². The van der Waals surface area contributed by atoms with Crippen molar-refractivity contribution in [3.8, 4) is 5.75 Å². The highest BCUT2D eigenvalue weighted by Crippen LogP contribution is 2.32. The molecule has 0 saturated heterocycles. The van der Waals surface area contributed by atoms with Crippen LogP contribution in [0.5, 0.6) is 5.75 Å². The van der Waals surface area contributed by atoms with Crippen molar-refractivity contribution in [2.45, 2.75) is 23.4 Å². The number of ether oxygens (including phenoxy) is 1. The van der Waals surface area contributed by atoms with E-state index in [4.69, 9.17) is 39.5 Å². The number of hydrazone groups is 1. The highest BCUT2D eigenvalue weighted by atomic mass is 35.6. The molecule has 0 fully saturated rings. The van der Waals surface area contributed by atoms with Crippen molar-refractivity contribution in [1.82, 2.24) is 15.7 Å². The second-order valence-corrected chi connectivity index (χ2v) is 7.83. The molecule has 0 spiro atoms. The molecule has 0 bridgehead atoms. The molecule has 1 aromatic heterocycles. The molecule has 2 aromatic rings. The van der Waals surface area contributed by atoms with Gasteiger partial charge in [-0.1, -0.05) is 41.7 Å². The van der Waals surface area contributed by atoms with E-state index in [1.165, 1.54) is 18.6 Å². The van der Waals surface area contributed by atoms with E-state index in [0.717, 1.165) is 0 Å². The van der Waals surface area contributed by atoms with E-state index in [0.29, 0.717) is 16.9 Å². The number of benzene rings is 1. The van der Waals surface area contributed by atoms with Crippen LogP contribution < -0.4 is 15.5 Å². The van der Waals surface area contributed by atoms with Crippen molar-refractivity contribution in [3.05, 3.63) is 59.9 Å². The first-order chi connectivity index (χ1) is 13.3. The Hall–Kier alpha value is -2.35. The Labute approximate surface area is 177 Å². The van der Waals surface area contributed by atoms with Gasteiger partial charge in [0, 0.05) is 24.4 Å². The van der Waals surface area contributed by atoms with Gasteiger partial charge in [0.05, 0.1) is 6.21 Å². The van der Waals surface area contributed by atoms with Crippen molar-refractivity contribution in [2.24, 2.45) is 5.10 Å². The van der Waals surface area contributed by atoms with E-state index in [-0.39, 0.29) is 18.2 Å². The summed E-state index contributed by atoms with van der Waals surface area (Å²) in [6.07, 6.45) is 3.58. The van der Waals surface area contributed by atoms with E-state index in [9.17, 15) is 9.59 Å². The Morgan fingerprint density at radius 1 is 1.18 bits per heavy atom.